The molecule has 0 bridgehead atoms. The van der Waals surface area contributed by atoms with Gasteiger partial charge in [-0.2, -0.15) is 0 Å². The van der Waals surface area contributed by atoms with Crippen LogP contribution in [0.2, 0.25) is 5.02 Å². The molecule has 0 heterocycles. The van der Waals surface area contributed by atoms with Gasteiger partial charge in [0.05, 0.1) is 5.02 Å². The summed E-state index contributed by atoms with van der Waals surface area (Å²) in [6.45, 7) is 4.02. The van der Waals surface area contributed by atoms with E-state index in [9.17, 15) is 14.0 Å². The van der Waals surface area contributed by atoms with Crippen molar-refractivity contribution in [3.05, 3.63) is 64.9 Å². The average Bonchev–Trinajstić information content (AvgIpc) is 2.68. The van der Waals surface area contributed by atoms with Crippen LogP contribution in [0.15, 0.2) is 48.5 Å². The Labute approximate surface area is 169 Å². The Morgan fingerprint density at radius 3 is 2.43 bits per heavy atom. The van der Waals surface area contributed by atoms with Crippen molar-refractivity contribution in [2.24, 2.45) is 0 Å². The maximum atomic E-state index is 13.2. The molecule has 2 aromatic rings. The first-order valence-electron chi connectivity index (χ1n) is 9.15. The summed E-state index contributed by atoms with van der Waals surface area (Å²) in [7, 11) is 0. The van der Waals surface area contributed by atoms with Gasteiger partial charge in [-0.3, -0.25) is 9.59 Å². The van der Waals surface area contributed by atoms with Crippen molar-refractivity contribution >= 4 is 23.4 Å². The number of likely N-dealkylation sites (N-methyl/N-ethyl adjacent to an activating group) is 1. The molecule has 28 heavy (non-hydrogen) atoms. The molecule has 5 nitrogen and oxygen atoms in total. The third-order valence-electron chi connectivity index (χ3n) is 4.19. The number of benzene rings is 2. The van der Waals surface area contributed by atoms with E-state index in [0.29, 0.717) is 23.7 Å². The molecule has 1 N–H and O–H groups in total. The van der Waals surface area contributed by atoms with Gasteiger partial charge in [0.25, 0.3) is 5.91 Å². The van der Waals surface area contributed by atoms with Crippen molar-refractivity contribution < 1.29 is 18.7 Å². The number of nitrogens with zero attached hydrogens (tertiary/aromatic N) is 1. The van der Waals surface area contributed by atoms with Gasteiger partial charge in [-0.05, 0) is 43.2 Å². The fourth-order valence-corrected chi connectivity index (χ4v) is 2.97. The monoisotopic (exact) mass is 406 g/mol. The molecule has 0 aliphatic rings. The number of nitrogens with one attached hydrogen (secondary N) is 1. The molecular weight excluding hydrogens is 383 g/mol. The average molecular weight is 407 g/mol. The largest absolute Gasteiger partial charge is 0.482 e. The highest BCUT2D eigenvalue weighted by atomic mass is 35.5. The second-order valence-electron chi connectivity index (χ2n) is 6.19. The van der Waals surface area contributed by atoms with Gasteiger partial charge >= 0.3 is 0 Å². The van der Waals surface area contributed by atoms with Gasteiger partial charge in [0.2, 0.25) is 5.91 Å². The van der Waals surface area contributed by atoms with E-state index < -0.39 is 6.04 Å². The second kappa shape index (κ2) is 10.7. The highest BCUT2D eigenvalue weighted by Crippen LogP contribution is 2.23. The molecule has 2 amide bonds. The van der Waals surface area contributed by atoms with Crippen molar-refractivity contribution in [2.45, 2.75) is 32.9 Å². The molecule has 7 heteroatoms. The molecule has 0 unspecified atom stereocenters. The lowest BCUT2D eigenvalue weighted by Gasteiger charge is -2.30. The first-order valence-corrected chi connectivity index (χ1v) is 9.53. The van der Waals surface area contributed by atoms with Gasteiger partial charge in [-0.25, -0.2) is 4.39 Å². The fourth-order valence-electron chi connectivity index (χ4n) is 2.78. The van der Waals surface area contributed by atoms with Crippen LogP contribution in [-0.2, 0) is 16.1 Å². The molecule has 0 aromatic heterocycles. The van der Waals surface area contributed by atoms with E-state index in [1.54, 1.807) is 36.4 Å². The van der Waals surface area contributed by atoms with Gasteiger partial charge in [-0.1, -0.05) is 42.8 Å². The molecule has 150 valence electrons. The molecule has 2 aromatic carbocycles. The van der Waals surface area contributed by atoms with Crippen LogP contribution >= 0.6 is 11.6 Å². The molecule has 0 saturated carbocycles. The SMILES string of the molecule is CCNC(=O)[C@@H](CC)N(Cc1ccc(F)cc1)C(=O)COc1ccccc1Cl. The first-order chi connectivity index (χ1) is 13.5. The number of para-hydroxylation sites is 1. The lowest BCUT2D eigenvalue weighted by Crippen LogP contribution is -2.50. The molecule has 0 spiro atoms. The van der Waals surface area contributed by atoms with Crippen LogP contribution in [0.1, 0.15) is 25.8 Å². The Bertz CT molecular complexity index is 798. The molecule has 0 aliphatic heterocycles. The van der Waals surface area contributed by atoms with Crippen LogP contribution in [0.3, 0.4) is 0 Å². The number of ether oxygens (including phenoxy) is 1. The number of carbonyl (C=O) groups excluding carboxylic acids is 2. The standard InChI is InChI=1S/C21H24ClFN2O3/c1-3-18(21(27)24-4-2)25(13-15-9-11-16(23)12-10-15)20(26)14-28-19-8-6-5-7-17(19)22/h5-12,18H,3-4,13-14H2,1-2H3,(H,24,27)/t18-/m1/s1. The van der Waals surface area contributed by atoms with Gasteiger partial charge in [0.15, 0.2) is 6.61 Å². The van der Waals surface area contributed by atoms with Crippen LogP contribution in [0, 0.1) is 5.82 Å². The zero-order valence-corrected chi connectivity index (χ0v) is 16.7. The number of hydrogen-bond acceptors (Lipinski definition) is 3. The third-order valence-corrected chi connectivity index (χ3v) is 4.50. The minimum Gasteiger partial charge on any atom is -0.482 e. The summed E-state index contributed by atoms with van der Waals surface area (Å²) < 4.78 is 18.8. The summed E-state index contributed by atoms with van der Waals surface area (Å²) in [5.41, 5.74) is 0.718. The van der Waals surface area contributed by atoms with E-state index in [-0.39, 0.29) is 30.8 Å². The maximum absolute atomic E-state index is 13.2. The summed E-state index contributed by atoms with van der Waals surface area (Å²) in [4.78, 5) is 26.8. The van der Waals surface area contributed by atoms with E-state index in [0.717, 1.165) is 5.56 Å². The van der Waals surface area contributed by atoms with E-state index in [2.05, 4.69) is 5.32 Å². The quantitative estimate of drug-likeness (QED) is 0.689. The van der Waals surface area contributed by atoms with Crippen molar-refractivity contribution in [3.8, 4) is 5.75 Å². The number of amides is 2. The predicted molar refractivity (Wildman–Crippen MR) is 107 cm³/mol. The molecule has 2 rings (SSSR count). The van der Waals surface area contributed by atoms with Gasteiger partial charge in [-0.15, -0.1) is 0 Å². The summed E-state index contributed by atoms with van der Waals surface area (Å²) in [6.07, 6.45) is 0.435. The minimum absolute atomic E-state index is 0.167. The Kier molecular flexibility index (Phi) is 8.26. The summed E-state index contributed by atoms with van der Waals surface area (Å²) in [5, 5.41) is 3.15. The molecule has 1 atom stereocenters. The molecule has 0 saturated heterocycles. The maximum Gasteiger partial charge on any atom is 0.261 e. The van der Waals surface area contributed by atoms with Gasteiger partial charge in [0, 0.05) is 13.1 Å². The van der Waals surface area contributed by atoms with Crippen molar-refractivity contribution in [3.63, 3.8) is 0 Å². The minimum atomic E-state index is -0.660. The molecule has 0 aliphatic carbocycles. The Morgan fingerprint density at radius 2 is 1.82 bits per heavy atom. The summed E-state index contributed by atoms with van der Waals surface area (Å²) in [5.74, 6) is -0.565. The number of rotatable bonds is 9. The molecular formula is C21H24ClFN2O3. The van der Waals surface area contributed by atoms with Crippen molar-refractivity contribution in [1.82, 2.24) is 10.2 Å². The van der Waals surface area contributed by atoms with Crippen LogP contribution in [0.4, 0.5) is 4.39 Å². The molecule has 0 fully saturated rings. The Morgan fingerprint density at radius 1 is 1.14 bits per heavy atom. The molecule has 0 radical (unpaired) electrons. The van der Waals surface area contributed by atoms with Crippen LogP contribution in [-0.4, -0.2) is 35.9 Å². The van der Waals surface area contributed by atoms with Crippen LogP contribution in [0.25, 0.3) is 0 Å². The lowest BCUT2D eigenvalue weighted by molar-refractivity contribution is -0.142. The first kappa shape index (κ1) is 21.7. The number of hydrogen-bond donors (Lipinski definition) is 1. The van der Waals surface area contributed by atoms with E-state index in [4.69, 9.17) is 16.3 Å². The van der Waals surface area contributed by atoms with Gasteiger partial charge in [0.1, 0.15) is 17.6 Å². The highest BCUT2D eigenvalue weighted by molar-refractivity contribution is 6.32. The van der Waals surface area contributed by atoms with Crippen LogP contribution < -0.4 is 10.1 Å². The highest BCUT2D eigenvalue weighted by Gasteiger charge is 2.28. The Hall–Kier alpha value is -2.60. The zero-order chi connectivity index (χ0) is 20.5. The zero-order valence-electron chi connectivity index (χ0n) is 16.0. The summed E-state index contributed by atoms with van der Waals surface area (Å²) >= 11 is 6.06. The Balaban J connectivity index is 2.19. The van der Waals surface area contributed by atoms with Gasteiger partial charge < -0.3 is 15.0 Å². The topological polar surface area (TPSA) is 58.6 Å². The predicted octanol–water partition coefficient (Wildman–Crippen LogP) is 3.80. The third kappa shape index (κ3) is 5.96. The second-order valence-corrected chi connectivity index (χ2v) is 6.59. The fraction of sp³-hybridized carbons (Fsp3) is 0.333. The van der Waals surface area contributed by atoms with Crippen molar-refractivity contribution in [2.75, 3.05) is 13.2 Å². The van der Waals surface area contributed by atoms with E-state index >= 15 is 0 Å². The normalized spacial score (nSPS) is 11.6. The van der Waals surface area contributed by atoms with Crippen LogP contribution in [0.5, 0.6) is 5.75 Å². The number of halogens is 2. The smallest absolute Gasteiger partial charge is 0.261 e. The van der Waals surface area contributed by atoms with E-state index in [1.165, 1.54) is 17.0 Å². The number of carbonyl (C=O) groups is 2. The summed E-state index contributed by atoms with van der Waals surface area (Å²) in [6, 6.07) is 12.0. The lowest BCUT2D eigenvalue weighted by atomic mass is 10.1. The van der Waals surface area contributed by atoms with E-state index in [1.807, 2.05) is 13.8 Å². The van der Waals surface area contributed by atoms with Crippen molar-refractivity contribution in [1.29, 1.82) is 0 Å².